The average Bonchev–Trinajstić information content (AvgIpc) is 2.44. The molecule has 94 valence electrons. The molecule has 1 aliphatic heterocycles. The van der Waals surface area contributed by atoms with Gasteiger partial charge < -0.3 is 10.4 Å². The summed E-state index contributed by atoms with van der Waals surface area (Å²) in [7, 11) is -3.17. The first kappa shape index (κ1) is 12.3. The highest BCUT2D eigenvalue weighted by molar-refractivity contribution is 7.91. The zero-order valence-corrected chi connectivity index (χ0v) is 10.2. The summed E-state index contributed by atoms with van der Waals surface area (Å²) in [4.78, 5) is 0. The lowest BCUT2D eigenvalue weighted by atomic mass is 10.1. The van der Waals surface area contributed by atoms with E-state index in [0.717, 1.165) is 0 Å². The number of aliphatic hydroxyl groups is 1. The monoisotopic (exact) mass is 259 g/mol. The normalized spacial score (nSPS) is 27.0. The van der Waals surface area contributed by atoms with Crippen LogP contribution in [0, 0.1) is 12.7 Å². The van der Waals surface area contributed by atoms with Gasteiger partial charge >= 0.3 is 0 Å². The van der Waals surface area contributed by atoms with Crippen LogP contribution in [0.4, 0.5) is 10.1 Å². The minimum Gasteiger partial charge on any atom is -0.390 e. The number of sulfone groups is 1. The molecule has 1 aromatic rings. The third-order valence-corrected chi connectivity index (χ3v) is 4.57. The van der Waals surface area contributed by atoms with Crippen LogP contribution in [0.15, 0.2) is 18.2 Å². The molecular weight excluding hydrogens is 245 g/mol. The van der Waals surface area contributed by atoms with Gasteiger partial charge in [-0.2, -0.15) is 0 Å². The molecule has 1 aromatic carbocycles. The fourth-order valence-corrected chi connectivity index (χ4v) is 3.70. The topological polar surface area (TPSA) is 66.4 Å². The van der Waals surface area contributed by atoms with Gasteiger partial charge in [-0.05, 0) is 30.7 Å². The van der Waals surface area contributed by atoms with Crippen molar-refractivity contribution in [1.82, 2.24) is 0 Å². The number of rotatable bonds is 2. The maximum absolute atomic E-state index is 12.9. The number of hydrogen-bond donors (Lipinski definition) is 2. The van der Waals surface area contributed by atoms with E-state index in [0.29, 0.717) is 11.3 Å². The number of hydrogen-bond acceptors (Lipinski definition) is 4. The molecule has 0 radical (unpaired) electrons. The largest absolute Gasteiger partial charge is 0.390 e. The molecule has 2 unspecified atom stereocenters. The van der Waals surface area contributed by atoms with Gasteiger partial charge in [0.15, 0.2) is 9.84 Å². The molecule has 0 amide bonds. The van der Waals surface area contributed by atoms with E-state index in [4.69, 9.17) is 0 Å². The van der Waals surface area contributed by atoms with Crippen molar-refractivity contribution in [2.45, 2.75) is 19.1 Å². The van der Waals surface area contributed by atoms with Crippen LogP contribution in [0.3, 0.4) is 0 Å². The Morgan fingerprint density at radius 2 is 2.12 bits per heavy atom. The van der Waals surface area contributed by atoms with E-state index >= 15 is 0 Å². The zero-order chi connectivity index (χ0) is 12.6. The Hall–Kier alpha value is -1.14. The average molecular weight is 259 g/mol. The van der Waals surface area contributed by atoms with Gasteiger partial charge in [0.05, 0.1) is 23.7 Å². The van der Waals surface area contributed by atoms with Gasteiger partial charge in [0.2, 0.25) is 0 Å². The summed E-state index contributed by atoms with van der Waals surface area (Å²) < 4.78 is 35.5. The van der Waals surface area contributed by atoms with Crippen LogP contribution in [0.25, 0.3) is 0 Å². The summed E-state index contributed by atoms with van der Waals surface area (Å²) in [5.74, 6) is -0.650. The molecule has 2 rings (SSSR count). The molecule has 6 heteroatoms. The second-order valence-electron chi connectivity index (χ2n) is 4.35. The number of benzene rings is 1. The Morgan fingerprint density at radius 3 is 2.65 bits per heavy atom. The Labute approximate surface area is 99.4 Å². The number of nitrogens with one attached hydrogen (secondary N) is 1. The van der Waals surface area contributed by atoms with E-state index in [9.17, 15) is 17.9 Å². The van der Waals surface area contributed by atoms with Crippen LogP contribution < -0.4 is 5.32 Å². The molecule has 2 N–H and O–H groups in total. The Morgan fingerprint density at radius 1 is 1.41 bits per heavy atom. The zero-order valence-electron chi connectivity index (χ0n) is 9.35. The molecule has 0 aromatic heterocycles. The second-order valence-corrected chi connectivity index (χ2v) is 6.51. The maximum Gasteiger partial charge on any atom is 0.155 e. The molecule has 1 aliphatic rings. The molecule has 0 aliphatic carbocycles. The number of aryl methyl sites for hydroxylation is 1. The first-order valence-corrected chi connectivity index (χ1v) is 7.11. The second kappa shape index (κ2) is 4.27. The van der Waals surface area contributed by atoms with Crippen LogP contribution in [-0.4, -0.2) is 37.2 Å². The van der Waals surface area contributed by atoms with E-state index in [2.05, 4.69) is 5.32 Å². The molecule has 4 nitrogen and oxygen atoms in total. The van der Waals surface area contributed by atoms with Gasteiger partial charge in [-0.15, -0.1) is 0 Å². The number of aliphatic hydroxyl groups excluding tert-OH is 1. The fourth-order valence-electron chi connectivity index (χ4n) is 1.96. The minimum atomic E-state index is -3.17. The van der Waals surface area contributed by atoms with Gasteiger partial charge in [-0.3, -0.25) is 0 Å². The molecule has 1 saturated heterocycles. The first-order chi connectivity index (χ1) is 7.87. The van der Waals surface area contributed by atoms with Crippen LogP contribution >= 0.6 is 0 Å². The highest BCUT2D eigenvalue weighted by atomic mass is 32.2. The molecular formula is C11H14FNO3S. The highest BCUT2D eigenvalue weighted by Gasteiger charge is 2.36. The van der Waals surface area contributed by atoms with Crippen LogP contribution in [0.1, 0.15) is 5.56 Å². The van der Waals surface area contributed by atoms with Crippen molar-refractivity contribution < 1.29 is 17.9 Å². The van der Waals surface area contributed by atoms with Gasteiger partial charge in [-0.25, -0.2) is 12.8 Å². The van der Waals surface area contributed by atoms with Crippen molar-refractivity contribution in [3.05, 3.63) is 29.6 Å². The van der Waals surface area contributed by atoms with E-state index in [1.807, 2.05) is 0 Å². The molecule has 1 fully saturated rings. The Balaban J connectivity index is 2.17. The van der Waals surface area contributed by atoms with E-state index in [1.165, 1.54) is 12.1 Å². The summed E-state index contributed by atoms with van der Waals surface area (Å²) in [6.07, 6.45) is -0.913. The smallest absolute Gasteiger partial charge is 0.155 e. The van der Waals surface area contributed by atoms with E-state index in [1.54, 1.807) is 13.0 Å². The van der Waals surface area contributed by atoms with Gasteiger partial charge in [-0.1, -0.05) is 0 Å². The standard InChI is InChI=1S/C11H14FNO3S/c1-7-4-8(12)2-3-9(7)13-10-5-17(15,16)6-11(10)14/h2-4,10-11,13-14H,5-6H2,1H3. The molecule has 1 heterocycles. The molecule has 0 bridgehead atoms. The summed E-state index contributed by atoms with van der Waals surface area (Å²) in [5.41, 5.74) is 1.33. The molecule has 0 saturated carbocycles. The predicted octanol–water partition coefficient (Wildman–Crippen LogP) is 0.704. The van der Waals surface area contributed by atoms with Crippen molar-refractivity contribution in [3.8, 4) is 0 Å². The first-order valence-electron chi connectivity index (χ1n) is 5.28. The lowest BCUT2D eigenvalue weighted by Crippen LogP contribution is -2.32. The molecule has 17 heavy (non-hydrogen) atoms. The highest BCUT2D eigenvalue weighted by Crippen LogP contribution is 2.21. The van der Waals surface area contributed by atoms with Crippen molar-refractivity contribution in [2.75, 3.05) is 16.8 Å². The van der Waals surface area contributed by atoms with Crippen molar-refractivity contribution in [3.63, 3.8) is 0 Å². The maximum atomic E-state index is 12.9. The quantitative estimate of drug-likeness (QED) is 0.820. The third kappa shape index (κ3) is 2.76. The number of anilines is 1. The van der Waals surface area contributed by atoms with Gasteiger partial charge in [0, 0.05) is 5.69 Å². The van der Waals surface area contributed by atoms with Crippen LogP contribution in [0.5, 0.6) is 0 Å². The van der Waals surface area contributed by atoms with Gasteiger partial charge in [0.1, 0.15) is 5.82 Å². The van der Waals surface area contributed by atoms with Crippen LogP contribution in [0.2, 0.25) is 0 Å². The third-order valence-electron chi connectivity index (χ3n) is 2.85. The summed E-state index contributed by atoms with van der Waals surface area (Å²) in [6.45, 7) is 1.72. The van der Waals surface area contributed by atoms with Crippen LogP contribution in [-0.2, 0) is 9.84 Å². The number of halogens is 1. The SMILES string of the molecule is Cc1cc(F)ccc1NC1CS(=O)(=O)CC1O. The summed E-state index contributed by atoms with van der Waals surface area (Å²) >= 11 is 0. The van der Waals surface area contributed by atoms with Crippen molar-refractivity contribution in [2.24, 2.45) is 0 Å². The Bertz CT molecular complexity index is 530. The van der Waals surface area contributed by atoms with E-state index < -0.39 is 22.0 Å². The summed E-state index contributed by atoms with van der Waals surface area (Å²) in [6, 6.07) is 3.68. The molecule has 2 atom stereocenters. The van der Waals surface area contributed by atoms with Crippen molar-refractivity contribution >= 4 is 15.5 Å². The predicted molar refractivity (Wildman–Crippen MR) is 63.2 cm³/mol. The van der Waals surface area contributed by atoms with E-state index in [-0.39, 0.29) is 17.3 Å². The fraction of sp³-hybridized carbons (Fsp3) is 0.455. The lowest BCUT2D eigenvalue weighted by molar-refractivity contribution is 0.190. The van der Waals surface area contributed by atoms with Gasteiger partial charge in [0.25, 0.3) is 0 Å². The Kier molecular flexibility index (Phi) is 3.09. The summed E-state index contributed by atoms with van der Waals surface area (Å²) in [5, 5.41) is 12.6. The molecule has 0 spiro atoms. The lowest BCUT2D eigenvalue weighted by Gasteiger charge is -2.17. The minimum absolute atomic E-state index is 0.0923. The van der Waals surface area contributed by atoms with Crippen molar-refractivity contribution in [1.29, 1.82) is 0 Å².